The normalized spacial score (nSPS) is 14.5. The Morgan fingerprint density at radius 2 is 1.88 bits per heavy atom. The minimum atomic E-state index is 0.341. The quantitative estimate of drug-likeness (QED) is 0.783. The van der Waals surface area contributed by atoms with Gasteiger partial charge in [0.25, 0.3) is 0 Å². The predicted molar refractivity (Wildman–Crippen MR) is 76.9 cm³/mol. The van der Waals surface area contributed by atoms with Gasteiger partial charge in [0, 0.05) is 17.8 Å². The molecule has 0 aromatic heterocycles. The second-order valence-electron chi connectivity index (χ2n) is 4.56. The average Bonchev–Trinajstić information content (AvgIpc) is 2.35. The van der Waals surface area contributed by atoms with Crippen molar-refractivity contribution in [1.29, 1.82) is 0 Å². The number of rotatable bonds is 7. The fourth-order valence-electron chi connectivity index (χ4n) is 1.60. The number of hydrogen-bond donors (Lipinski definition) is 2. The van der Waals surface area contributed by atoms with Gasteiger partial charge in [0.15, 0.2) is 0 Å². The molecule has 0 spiro atoms. The Hall–Kier alpha value is -0.670. The molecule has 17 heavy (non-hydrogen) atoms. The Morgan fingerprint density at radius 3 is 2.47 bits per heavy atom. The monoisotopic (exact) mass is 253 g/mol. The molecule has 0 heterocycles. The fraction of sp³-hybridized carbons (Fsp3) is 0.571. The summed E-state index contributed by atoms with van der Waals surface area (Å²) in [7, 11) is 0. The van der Waals surface area contributed by atoms with Crippen LogP contribution in [-0.2, 0) is 6.42 Å². The summed E-state index contributed by atoms with van der Waals surface area (Å²) < 4.78 is 0. The Labute approximate surface area is 109 Å². The molecule has 0 saturated carbocycles. The van der Waals surface area contributed by atoms with E-state index in [-0.39, 0.29) is 0 Å². The van der Waals surface area contributed by atoms with Crippen LogP contribution in [0.25, 0.3) is 0 Å². The summed E-state index contributed by atoms with van der Waals surface area (Å²) in [5.41, 5.74) is 1.29. The van der Waals surface area contributed by atoms with Gasteiger partial charge in [-0.25, -0.2) is 0 Å². The summed E-state index contributed by atoms with van der Waals surface area (Å²) in [6.07, 6.45) is 4.33. The van der Waals surface area contributed by atoms with E-state index in [2.05, 4.69) is 25.4 Å². The van der Waals surface area contributed by atoms with Crippen molar-refractivity contribution in [3.63, 3.8) is 0 Å². The van der Waals surface area contributed by atoms with Crippen molar-refractivity contribution >= 4 is 11.8 Å². The van der Waals surface area contributed by atoms with E-state index < -0.39 is 0 Å². The van der Waals surface area contributed by atoms with Crippen molar-refractivity contribution in [3.8, 4) is 5.75 Å². The van der Waals surface area contributed by atoms with Crippen LogP contribution in [0.1, 0.15) is 25.8 Å². The highest BCUT2D eigenvalue weighted by Crippen LogP contribution is 2.12. The molecule has 0 amide bonds. The summed E-state index contributed by atoms with van der Waals surface area (Å²) in [5, 5.41) is 13.4. The minimum absolute atomic E-state index is 0.341. The largest absolute Gasteiger partial charge is 0.508 e. The van der Waals surface area contributed by atoms with Gasteiger partial charge >= 0.3 is 0 Å². The Kier molecular flexibility index (Phi) is 6.45. The molecule has 96 valence electrons. The maximum Gasteiger partial charge on any atom is 0.115 e. The summed E-state index contributed by atoms with van der Waals surface area (Å²) in [6.45, 7) is 5.54. The van der Waals surface area contributed by atoms with Crippen LogP contribution >= 0.6 is 11.8 Å². The fourth-order valence-corrected chi connectivity index (χ4v) is 1.86. The molecule has 1 aromatic rings. The van der Waals surface area contributed by atoms with E-state index in [4.69, 9.17) is 0 Å². The maximum absolute atomic E-state index is 9.19. The van der Waals surface area contributed by atoms with Crippen LogP contribution in [0.5, 0.6) is 5.75 Å². The van der Waals surface area contributed by atoms with Crippen molar-refractivity contribution < 1.29 is 5.11 Å². The van der Waals surface area contributed by atoms with Crippen LogP contribution in [0.15, 0.2) is 24.3 Å². The second kappa shape index (κ2) is 7.62. The first-order valence-corrected chi connectivity index (χ1v) is 7.44. The van der Waals surface area contributed by atoms with Gasteiger partial charge < -0.3 is 10.4 Å². The summed E-state index contributed by atoms with van der Waals surface area (Å²) >= 11 is 1.89. The number of phenolic OH excluding ortho intramolecular Hbond substituents is 1. The Bertz CT molecular complexity index is 313. The molecule has 1 rings (SSSR count). The second-order valence-corrected chi connectivity index (χ2v) is 5.84. The van der Waals surface area contributed by atoms with Crippen molar-refractivity contribution in [2.75, 3.05) is 12.8 Å². The standard InChI is InChI=1S/C14H23NOS/c1-11(15-10-12(2)17-3)4-5-13-6-8-14(16)9-7-13/h6-9,11-12,15-16H,4-5,10H2,1-3H3. The van der Waals surface area contributed by atoms with Crippen LogP contribution in [0.2, 0.25) is 0 Å². The lowest BCUT2D eigenvalue weighted by Gasteiger charge is -2.16. The van der Waals surface area contributed by atoms with Crippen molar-refractivity contribution in [2.45, 2.75) is 38.0 Å². The maximum atomic E-state index is 9.19. The number of thioether (sulfide) groups is 1. The number of aromatic hydroxyl groups is 1. The van der Waals surface area contributed by atoms with E-state index in [9.17, 15) is 5.11 Å². The van der Waals surface area contributed by atoms with Crippen LogP contribution in [0.3, 0.4) is 0 Å². The van der Waals surface area contributed by atoms with Crippen molar-refractivity contribution in [1.82, 2.24) is 5.32 Å². The molecule has 2 N–H and O–H groups in total. The van der Waals surface area contributed by atoms with E-state index in [1.54, 1.807) is 12.1 Å². The predicted octanol–water partition coefficient (Wildman–Crippen LogP) is 3.05. The first kappa shape index (κ1) is 14.4. The number of benzene rings is 1. The zero-order valence-electron chi connectivity index (χ0n) is 10.9. The number of hydrogen-bond acceptors (Lipinski definition) is 3. The summed E-state index contributed by atoms with van der Waals surface area (Å²) in [5.74, 6) is 0.341. The van der Waals surface area contributed by atoms with E-state index in [1.165, 1.54) is 5.56 Å². The third-order valence-electron chi connectivity index (χ3n) is 2.96. The lowest BCUT2D eigenvalue weighted by molar-refractivity contribution is 0.474. The van der Waals surface area contributed by atoms with Crippen molar-refractivity contribution in [3.05, 3.63) is 29.8 Å². The van der Waals surface area contributed by atoms with Gasteiger partial charge in [-0.2, -0.15) is 11.8 Å². The van der Waals surface area contributed by atoms with E-state index >= 15 is 0 Å². The topological polar surface area (TPSA) is 32.3 Å². The van der Waals surface area contributed by atoms with Gasteiger partial charge in [0.05, 0.1) is 0 Å². The molecular formula is C14H23NOS. The minimum Gasteiger partial charge on any atom is -0.508 e. The molecule has 2 nitrogen and oxygen atoms in total. The lowest BCUT2D eigenvalue weighted by Crippen LogP contribution is -2.31. The van der Waals surface area contributed by atoms with Gasteiger partial charge in [0.2, 0.25) is 0 Å². The first-order chi connectivity index (χ1) is 8.11. The number of nitrogens with one attached hydrogen (secondary N) is 1. The first-order valence-electron chi connectivity index (χ1n) is 6.16. The summed E-state index contributed by atoms with van der Waals surface area (Å²) in [4.78, 5) is 0. The van der Waals surface area contributed by atoms with Gasteiger partial charge in [0.1, 0.15) is 5.75 Å². The highest BCUT2D eigenvalue weighted by molar-refractivity contribution is 7.99. The van der Waals surface area contributed by atoms with E-state index in [1.807, 2.05) is 23.9 Å². The molecule has 1 aromatic carbocycles. The van der Waals surface area contributed by atoms with Crippen LogP contribution in [-0.4, -0.2) is 29.2 Å². The van der Waals surface area contributed by atoms with Crippen LogP contribution < -0.4 is 5.32 Å². The van der Waals surface area contributed by atoms with Crippen LogP contribution in [0, 0.1) is 0 Å². The van der Waals surface area contributed by atoms with Crippen LogP contribution in [0.4, 0.5) is 0 Å². The summed E-state index contributed by atoms with van der Waals surface area (Å²) in [6, 6.07) is 8.03. The van der Waals surface area contributed by atoms with Gasteiger partial charge in [-0.05, 0) is 43.7 Å². The number of aryl methyl sites for hydroxylation is 1. The third-order valence-corrected chi connectivity index (χ3v) is 3.93. The van der Waals surface area contributed by atoms with Gasteiger partial charge in [-0.3, -0.25) is 0 Å². The molecule has 2 atom stereocenters. The highest BCUT2D eigenvalue weighted by atomic mass is 32.2. The molecule has 0 saturated heterocycles. The number of phenols is 1. The third kappa shape index (κ3) is 5.99. The van der Waals surface area contributed by atoms with Gasteiger partial charge in [-0.1, -0.05) is 19.1 Å². The molecular weight excluding hydrogens is 230 g/mol. The Morgan fingerprint density at radius 1 is 1.24 bits per heavy atom. The molecule has 3 heteroatoms. The van der Waals surface area contributed by atoms with Gasteiger partial charge in [-0.15, -0.1) is 0 Å². The molecule has 2 unspecified atom stereocenters. The Balaban J connectivity index is 2.23. The highest BCUT2D eigenvalue weighted by Gasteiger charge is 2.04. The lowest BCUT2D eigenvalue weighted by atomic mass is 10.1. The molecule has 0 radical (unpaired) electrons. The zero-order chi connectivity index (χ0) is 12.7. The molecule has 0 aliphatic rings. The van der Waals surface area contributed by atoms with E-state index in [0.29, 0.717) is 17.0 Å². The SMILES string of the molecule is CSC(C)CNC(C)CCc1ccc(O)cc1. The average molecular weight is 253 g/mol. The van der Waals surface area contributed by atoms with Crippen molar-refractivity contribution in [2.24, 2.45) is 0 Å². The smallest absolute Gasteiger partial charge is 0.115 e. The molecule has 0 aliphatic heterocycles. The molecule has 0 aliphatic carbocycles. The molecule has 0 fully saturated rings. The zero-order valence-corrected chi connectivity index (χ0v) is 11.8. The molecule has 0 bridgehead atoms. The van der Waals surface area contributed by atoms with E-state index in [0.717, 1.165) is 19.4 Å².